The number of nitrogens with zero attached hydrogens (tertiary/aromatic N) is 2. The van der Waals surface area contributed by atoms with Crippen molar-refractivity contribution in [1.29, 1.82) is 0 Å². The van der Waals surface area contributed by atoms with E-state index in [4.69, 9.17) is 10.6 Å². The third-order valence-electron chi connectivity index (χ3n) is 2.33. The zero-order valence-electron chi connectivity index (χ0n) is 10.2. The molecule has 0 saturated heterocycles. The van der Waals surface area contributed by atoms with E-state index < -0.39 is 0 Å². The Bertz CT molecular complexity index is 530. The van der Waals surface area contributed by atoms with Crippen molar-refractivity contribution in [2.75, 3.05) is 11.7 Å². The summed E-state index contributed by atoms with van der Waals surface area (Å²) in [5.74, 6) is 6.83. The van der Waals surface area contributed by atoms with Gasteiger partial charge in [0, 0.05) is 16.7 Å². The lowest BCUT2D eigenvalue weighted by Gasteiger charge is -2.08. The molecule has 2 aromatic rings. The van der Waals surface area contributed by atoms with Gasteiger partial charge in [0.2, 0.25) is 11.8 Å². The lowest BCUT2D eigenvalue weighted by atomic mass is 10.3. The largest absolute Gasteiger partial charge is 0.439 e. The Kier molecular flexibility index (Phi) is 4.01. The van der Waals surface area contributed by atoms with Crippen LogP contribution in [0, 0.1) is 6.92 Å². The van der Waals surface area contributed by atoms with E-state index in [9.17, 15) is 0 Å². The maximum atomic E-state index is 5.70. The van der Waals surface area contributed by atoms with E-state index in [0.29, 0.717) is 11.8 Å². The molecule has 0 aliphatic heterocycles. The Morgan fingerprint density at radius 2 is 2.00 bits per heavy atom. The second-order valence-corrected chi connectivity index (χ2v) is 4.48. The zero-order valence-corrected chi connectivity index (χ0v) is 11.0. The maximum absolute atomic E-state index is 5.70. The molecule has 0 bridgehead atoms. The first-order valence-electron chi connectivity index (χ1n) is 5.35. The van der Waals surface area contributed by atoms with E-state index in [-0.39, 0.29) is 0 Å². The molecule has 0 spiro atoms. The number of nitrogens with one attached hydrogen (secondary N) is 1. The van der Waals surface area contributed by atoms with Crippen molar-refractivity contribution in [2.24, 2.45) is 5.84 Å². The van der Waals surface area contributed by atoms with Crippen LogP contribution in [0.25, 0.3) is 0 Å². The molecule has 0 radical (unpaired) electrons. The van der Waals surface area contributed by atoms with Crippen molar-refractivity contribution < 1.29 is 4.74 Å². The van der Waals surface area contributed by atoms with Gasteiger partial charge in [-0.15, -0.1) is 11.8 Å². The molecule has 0 unspecified atom stereocenters. The van der Waals surface area contributed by atoms with Gasteiger partial charge in [-0.25, -0.2) is 10.8 Å². The quantitative estimate of drug-likeness (QED) is 0.501. The van der Waals surface area contributed by atoms with Crippen molar-refractivity contribution in [1.82, 2.24) is 9.97 Å². The second kappa shape index (κ2) is 5.70. The Morgan fingerprint density at radius 3 is 2.61 bits per heavy atom. The van der Waals surface area contributed by atoms with Crippen LogP contribution < -0.4 is 16.0 Å². The minimum absolute atomic E-state index is 0.330. The minimum Gasteiger partial charge on any atom is -0.439 e. The van der Waals surface area contributed by atoms with E-state index >= 15 is 0 Å². The number of nitrogen functional groups attached to an aromatic ring is 1. The van der Waals surface area contributed by atoms with Gasteiger partial charge in [-0.2, -0.15) is 4.98 Å². The number of hydrogen-bond acceptors (Lipinski definition) is 6. The predicted molar refractivity (Wildman–Crippen MR) is 72.9 cm³/mol. The summed E-state index contributed by atoms with van der Waals surface area (Å²) in [7, 11) is 0. The number of hydrazine groups is 1. The molecule has 18 heavy (non-hydrogen) atoms. The first-order chi connectivity index (χ1) is 8.72. The van der Waals surface area contributed by atoms with Gasteiger partial charge in [-0.1, -0.05) is 0 Å². The standard InChI is InChI=1S/C12H14N4OS/c1-8-7-14-12(16-13)15-11(8)17-9-3-5-10(18-2)6-4-9/h3-7H,13H2,1-2H3,(H,14,15,16). The molecule has 0 amide bonds. The Morgan fingerprint density at radius 1 is 1.28 bits per heavy atom. The van der Waals surface area contributed by atoms with Crippen LogP contribution in [0.3, 0.4) is 0 Å². The zero-order chi connectivity index (χ0) is 13.0. The smallest absolute Gasteiger partial charge is 0.240 e. The van der Waals surface area contributed by atoms with Gasteiger partial charge in [0.05, 0.1) is 0 Å². The fourth-order valence-electron chi connectivity index (χ4n) is 1.35. The minimum atomic E-state index is 0.330. The van der Waals surface area contributed by atoms with E-state index in [0.717, 1.165) is 11.3 Å². The lowest BCUT2D eigenvalue weighted by molar-refractivity contribution is 0.458. The molecule has 0 saturated carbocycles. The summed E-state index contributed by atoms with van der Waals surface area (Å²) in [6.45, 7) is 1.88. The highest BCUT2D eigenvalue weighted by molar-refractivity contribution is 7.98. The molecule has 5 nitrogen and oxygen atoms in total. The van der Waals surface area contributed by atoms with Gasteiger partial charge >= 0.3 is 0 Å². The van der Waals surface area contributed by atoms with Crippen LogP contribution in [0.2, 0.25) is 0 Å². The topological polar surface area (TPSA) is 73.1 Å². The molecule has 0 fully saturated rings. The summed E-state index contributed by atoms with van der Waals surface area (Å²) in [4.78, 5) is 9.34. The molecule has 0 aliphatic carbocycles. The monoisotopic (exact) mass is 262 g/mol. The van der Waals surface area contributed by atoms with Crippen LogP contribution in [-0.4, -0.2) is 16.2 Å². The number of thioether (sulfide) groups is 1. The highest BCUT2D eigenvalue weighted by atomic mass is 32.2. The number of ether oxygens (including phenoxy) is 1. The van der Waals surface area contributed by atoms with Gasteiger partial charge in [0.1, 0.15) is 5.75 Å². The molecule has 0 atom stereocenters. The number of benzene rings is 1. The van der Waals surface area contributed by atoms with Crippen LogP contribution in [-0.2, 0) is 0 Å². The number of hydrogen-bond donors (Lipinski definition) is 2. The Hall–Kier alpha value is -1.79. The molecular weight excluding hydrogens is 248 g/mol. The molecule has 2 rings (SSSR count). The van der Waals surface area contributed by atoms with Gasteiger partial charge in [0.25, 0.3) is 0 Å². The predicted octanol–water partition coefficient (Wildman–Crippen LogP) is 2.58. The van der Waals surface area contributed by atoms with Gasteiger partial charge in [-0.05, 0) is 37.4 Å². The number of anilines is 1. The molecule has 94 valence electrons. The summed E-state index contributed by atoms with van der Waals surface area (Å²) in [6.07, 6.45) is 3.69. The van der Waals surface area contributed by atoms with E-state index in [1.165, 1.54) is 4.90 Å². The van der Waals surface area contributed by atoms with Crippen LogP contribution >= 0.6 is 11.8 Å². The van der Waals surface area contributed by atoms with Crippen LogP contribution in [0.15, 0.2) is 35.4 Å². The highest BCUT2D eigenvalue weighted by Gasteiger charge is 2.05. The van der Waals surface area contributed by atoms with Crippen molar-refractivity contribution >= 4 is 17.7 Å². The van der Waals surface area contributed by atoms with Crippen molar-refractivity contribution in [3.8, 4) is 11.6 Å². The Labute approximate surface area is 110 Å². The normalized spacial score (nSPS) is 10.2. The van der Waals surface area contributed by atoms with Gasteiger partial charge in [-0.3, -0.25) is 5.43 Å². The fourth-order valence-corrected chi connectivity index (χ4v) is 1.76. The highest BCUT2D eigenvalue weighted by Crippen LogP contribution is 2.25. The van der Waals surface area contributed by atoms with Crippen molar-refractivity contribution in [3.63, 3.8) is 0 Å². The summed E-state index contributed by atoms with van der Waals surface area (Å²) in [5.41, 5.74) is 3.24. The van der Waals surface area contributed by atoms with E-state index in [1.54, 1.807) is 18.0 Å². The number of aryl methyl sites for hydroxylation is 1. The molecule has 1 aromatic carbocycles. The third-order valence-corrected chi connectivity index (χ3v) is 3.07. The molecule has 6 heteroatoms. The summed E-state index contributed by atoms with van der Waals surface area (Å²) < 4.78 is 5.70. The average molecular weight is 262 g/mol. The summed E-state index contributed by atoms with van der Waals surface area (Å²) >= 11 is 1.69. The molecule has 1 heterocycles. The molecule has 1 aromatic heterocycles. The molecule has 3 N–H and O–H groups in total. The first kappa shape index (κ1) is 12.7. The number of nitrogens with two attached hydrogens (primary N) is 1. The van der Waals surface area contributed by atoms with Crippen LogP contribution in [0.5, 0.6) is 11.6 Å². The summed E-state index contributed by atoms with van der Waals surface area (Å²) in [5, 5.41) is 0. The van der Waals surface area contributed by atoms with Gasteiger partial charge < -0.3 is 4.74 Å². The average Bonchev–Trinajstić information content (AvgIpc) is 2.42. The van der Waals surface area contributed by atoms with Crippen molar-refractivity contribution in [2.45, 2.75) is 11.8 Å². The third kappa shape index (κ3) is 2.91. The number of rotatable bonds is 4. The molecule has 0 aliphatic rings. The lowest BCUT2D eigenvalue weighted by Crippen LogP contribution is -2.11. The fraction of sp³-hybridized carbons (Fsp3) is 0.167. The van der Waals surface area contributed by atoms with Crippen LogP contribution in [0.1, 0.15) is 5.56 Å². The Balaban J connectivity index is 2.21. The van der Waals surface area contributed by atoms with Gasteiger partial charge in [0.15, 0.2) is 0 Å². The molecular formula is C12H14N4OS. The summed E-state index contributed by atoms with van der Waals surface area (Å²) in [6, 6.07) is 7.81. The van der Waals surface area contributed by atoms with E-state index in [2.05, 4.69) is 15.4 Å². The first-order valence-corrected chi connectivity index (χ1v) is 6.57. The van der Waals surface area contributed by atoms with Crippen molar-refractivity contribution in [3.05, 3.63) is 36.0 Å². The van der Waals surface area contributed by atoms with Crippen LogP contribution in [0.4, 0.5) is 5.95 Å². The van der Waals surface area contributed by atoms with E-state index in [1.807, 2.05) is 37.4 Å². The SMILES string of the molecule is CSc1ccc(Oc2nc(NN)ncc2C)cc1. The second-order valence-electron chi connectivity index (χ2n) is 3.60. The number of aromatic nitrogens is 2. The maximum Gasteiger partial charge on any atom is 0.240 e.